The van der Waals surface area contributed by atoms with Crippen molar-refractivity contribution in [2.75, 3.05) is 26.2 Å². The standard InChI is InChI=1S/C20H22F2N2O2/c21-17-6-2-15(3-7-17)14-23-10-1-11-24(13-12-23)20(26)19(25)16-4-8-18(22)9-5-16/h2-9,19,25H,1,10-14H2/t19-/m0/s1. The van der Waals surface area contributed by atoms with Gasteiger partial charge in [-0.2, -0.15) is 0 Å². The largest absolute Gasteiger partial charge is 0.378 e. The molecular formula is C20H22F2N2O2. The van der Waals surface area contributed by atoms with Crippen molar-refractivity contribution in [1.82, 2.24) is 9.80 Å². The van der Waals surface area contributed by atoms with E-state index in [0.717, 1.165) is 18.5 Å². The van der Waals surface area contributed by atoms with Gasteiger partial charge in [-0.1, -0.05) is 24.3 Å². The number of amides is 1. The summed E-state index contributed by atoms with van der Waals surface area (Å²) in [4.78, 5) is 16.4. The quantitative estimate of drug-likeness (QED) is 0.912. The van der Waals surface area contributed by atoms with Crippen LogP contribution in [-0.2, 0) is 11.3 Å². The molecule has 6 heteroatoms. The van der Waals surface area contributed by atoms with Gasteiger partial charge in [0.25, 0.3) is 5.91 Å². The Bertz CT molecular complexity index is 734. The Morgan fingerprint density at radius 3 is 2.19 bits per heavy atom. The van der Waals surface area contributed by atoms with Crippen LogP contribution in [0.5, 0.6) is 0 Å². The number of carbonyl (C=O) groups excluding carboxylic acids is 1. The summed E-state index contributed by atoms with van der Waals surface area (Å²) in [6.07, 6.45) is -0.484. The molecule has 1 N–H and O–H groups in total. The molecule has 1 atom stereocenters. The number of hydrogen-bond donors (Lipinski definition) is 1. The zero-order chi connectivity index (χ0) is 18.5. The topological polar surface area (TPSA) is 43.8 Å². The lowest BCUT2D eigenvalue weighted by molar-refractivity contribution is -0.140. The first kappa shape index (κ1) is 18.5. The summed E-state index contributed by atoms with van der Waals surface area (Å²) in [5, 5.41) is 10.3. The van der Waals surface area contributed by atoms with Gasteiger partial charge in [-0.15, -0.1) is 0 Å². The van der Waals surface area contributed by atoms with Crippen molar-refractivity contribution in [1.29, 1.82) is 0 Å². The summed E-state index contributed by atoms with van der Waals surface area (Å²) in [6, 6.07) is 11.7. The predicted molar refractivity (Wildman–Crippen MR) is 94.2 cm³/mol. The minimum Gasteiger partial charge on any atom is -0.378 e. The van der Waals surface area contributed by atoms with Gasteiger partial charge in [-0.05, 0) is 41.8 Å². The number of aliphatic hydroxyl groups excluding tert-OH is 1. The molecule has 4 nitrogen and oxygen atoms in total. The molecule has 2 aromatic rings. The molecule has 138 valence electrons. The van der Waals surface area contributed by atoms with Gasteiger partial charge in [0.05, 0.1) is 0 Å². The van der Waals surface area contributed by atoms with Gasteiger partial charge in [0.15, 0.2) is 6.10 Å². The summed E-state index contributed by atoms with van der Waals surface area (Å²) in [7, 11) is 0. The molecule has 3 rings (SSSR count). The lowest BCUT2D eigenvalue weighted by Gasteiger charge is -2.24. The molecule has 2 aromatic carbocycles. The van der Waals surface area contributed by atoms with Crippen LogP contribution in [0.25, 0.3) is 0 Å². The molecule has 0 bridgehead atoms. The van der Waals surface area contributed by atoms with Gasteiger partial charge < -0.3 is 10.0 Å². The Labute approximate surface area is 151 Å². The van der Waals surface area contributed by atoms with Crippen molar-refractivity contribution >= 4 is 5.91 Å². The third-order valence-corrected chi connectivity index (χ3v) is 4.64. The van der Waals surface area contributed by atoms with Crippen LogP contribution in [0.15, 0.2) is 48.5 Å². The highest BCUT2D eigenvalue weighted by molar-refractivity contribution is 5.82. The van der Waals surface area contributed by atoms with Crippen LogP contribution in [0, 0.1) is 11.6 Å². The van der Waals surface area contributed by atoms with E-state index in [9.17, 15) is 18.7 Å². The van der Waals surface area contributed by atoms with Crippen LogP contribution in [0.1, 0.15) is 23.7 Å². The molecule has 1 aliphatic rings. The fraction of sp³-hybridized carbons (Fsp3) is 0.350. The zero-order valence-corrected chi connectivity index (χ0v) is 14.4. The van der Waals surface area contributed by atoms with E-state index < -0.39 is 11.9 Å². The first-order chi connectivity index (χ1) is 12.5. The van der Waals surface area contributed by atoms with Crippen molar-refractivity contribution in [3.05, 3.63) is 71.3 Å². The highest BCUT2D eigenvalue weighted by Crippen LogP contribution is 2.18. The maximum absolute atomic E-state index is 13.0. The normalized spacial score (nSPS) is 17.0. The van der Waals surface area contributed by atoms with Gasteiger partial charge >= 0.3 is 0 Å². The summed E-state index contributed by atoms with van der Waals surface area (Å²) in [6.45, 7) is 3.28. The molecule has 0 aliphatic carbocycles. The molecule has 0 unspecified atom stereocenters. The molecule has 1 fully saturated rings. The maximum atomic E-state index is 13.0. The molecule has 26 heavy (non-hydrogen) atoms. The molecule has 0 saturated carbocycles. The average Bonchev–Trinajstić information content (AvgIpc) is 2.89. The Hall–Kier alpha value is -2.31. The minimum absolute atomic E-state index is 0.254. The maximum Gasteiger partial charge on any atom is 0.256 e. The van der Waals surface area contributed by atoms with Gasteiger partial charge in [0.1, 0.15) is 11.6 Å². The average molecular weight is 360 g/mol. The number of carbonyl (C=O) groups is 1. The third kappa shape index (κ3) is 4.65. The van der Waals surface area contributed by atoms with Crippen LogP contribution in [0.3, 0.4) is 0 Å². The molecule has 1 aliphatic heterocycles. The summed E-state index contributed by atoms with van der Waals surface area (Å²) in [5.41, 5.74) is 1.42. The molecule has 1 saturated heterocycles. The van der Waals surface area contributed by atoms with E-state index in [-0.39, 0.29) is 11.7 Å². The van der Waals surface area contributed by atoms with E-state index >= 15 is 0 Å². The monoisotopic (exact) mass is 360 g/mol. The number of aliphatic hydroxyl groups is 1. The van der Waals surface area contributed by atoms with E-state index in [0.29, 0.717) is 31.7 Å². The smallest absolute Gasteiger partial charge is 0.256 e. The lowest BCUT2D eigenvalue weighted by Crippen LogP contribution is -2.38. The predicted octanol–water partition coefficient (Wildman–Crippen LogP) is 2.73. The minimum atomic E-state index is -1.28. The Morgan fingerprint density at radius 2 is 1.54 bits per heavy atom. The van der Waals surface area contributed by atoms with E-state index in [1.807, 2.05) is 0 Å². The highest BCUT2D eigenvalue weighted by Gasteiger charge is 2.25. The van der Waals surface area contributed by atoms with Gasteiger partial charge in [-0.3, -0.25) is 9.69 Å². The zero-order valence-electron chi connectivity index (χ0n) is 14.4. The molecule has 0 spiro atoms. The Morgan fingerprint density at radius 1 is 0.923 bits per heavy atom. The lowest BCUT2D eigenvalue weighted by atomic mass is 10.1. The number of benzene rings is 2. The molecule has 1 amide bonds. The van der Waals surface area contributed by atoms with Crippen LogP contribution < -0.4 is 0 Å². The number of hydrogen-bond acceptors (Lipinski definition) is 3. The van der Waals surface area contributed by atoms with Crippen molar-refractivity contribution in [2.24, 2.45) is 0 Å². The first-order valence-corrected chi connectivity index (χ1v) is 8.72. The summed E-state index contributed by atoms with van der Waals surface area (Å²) >= 11 is 0. The van der Waals surface area contributed by atoms with Crippen molar-refractivity contribution in [3.8, 4) is 0 Å². The SMILES string of the molecule is O=C([C@@H](O)c1ccc(F)cc1)N1CCCN(Cc2ccc(F)cc2)CC1. The fourth-order valence-electron chi connectivity index (χ4n) is 3.16. The highest BCUT2D eigenvalue weighted by atomic mass is 19.1. The second-order valence-corrected chi connectivity index (χ2v) is 6.54. The van der Waals surface area contributed by atoms with Gasteiger partial charge in [0, 0.05) is 32.7 Å². The van der Waals surface area contributed by atoms with Crippen LogP contribution in [0.4, 0.5) is 8.78 Å². The summed E-state index contributed by atoms with van der Waals surface area (Å²) < 4.78 is 26.0. The first-order valence-electron chi connectivity index (χ1n) is 8.72. The molecule has 0 radical (unpaired) electrons. The van der Waals surface area contributed by atoms with Crippen molar-refractivity contribution in [2.45, 2.75) is 19.1 Å². The third-order valence-electron chi connectivity index (χ3n) is 4.64. The Kier molecular flexibility index (Phi) is 5.96. The van der Waals surface area contributed by atoms with Gasteiger partial charge in [0.2, 0.25) is 0 Å². The molecule has 0 aromatic heterocycles. The van der Waals surface area contributed by atoms with Crippen molar-refractivity contribution in [3.63, 3.8) is 0 Å². The van der Waals surface area contributed by atoms with Crippen LogP contribution >= 0.6 is 0 Å². The number of nitrogens with zero attached hydrogens (tertiary/aromatic N) is 2. The fourth-order valence-corrected chi connectivity index (χ4v) is 3.16. The van der Waals surface area contributed by atoms with Crippen LogP contribution in [0.2, 0.25) is 0 Å². The molecular weight excluding hydrogens is 338 g/mol. The van der Waals surface area contributed by atoms with E-state index in [1.54, 1.807) is 17.0 Å². The van der Waals surface area contributed by atoms with Crippen LogP contribution in [-0.4, -0.2) is 47.0 Å². The molecule has 1 heterocycles. The van der Waals surface area contributed by atoms with Crippen molar-refractivity contribution < 1.29 is 18.7 Å². The van der Waals surface area contributed by atoms with E-state index in [4.69, 9.17) is 0 Å². The summed E-state index contributed by atoms with van der Waals surface area (Å²) in [5.74, 6) is -1.02. The van der Waals surface area contributed by atoms with E-state index in [1.165, 1.54) is 36.4 Å². The second-order valence-electron chi connectivity index (χ2n) is 6.54. The van der Waals surface area contributed by atoms with E-state index in [2.05, 4.69) is 4.90 Å². The number of halogens is 2. The second kappa shape index (κ2) is 8.38. The number of rotatable bonds is 4. The van der Waals surface area contributed by atoms with Gasteiger partial charge in [-0.25, -0.2) is 8.78 Å². The Balaban J connectivity index is 1.58.